The number of rotatable bonds is 7. The lowest BCUT2D eigenvalue weighted by Gasteiger charge is -2.19. The summed E-state index contributed by atoms with van der Waals surface area (Å²) in [6, 6.07) is 4.05. The zero-order chi connectivity index (χ0) is 19.1. The summed E-state index contributed by atoms with van der Waals surface area (Å²) in [6.45, 7) is 6.27. The monoisotopic (exact) mass is 349 g/mol. The van der Waals surface area contributed by atoms with Crippen LogP contribution in [0.25, 0.3) is 0 Å². The molecule has 0 aliphatic heterocycles. The summed E-state index contributed by atoms with van der Waals surface area (Å²) >= 11 is 0. The molecule has 3 N–H and O–H groups in total. The summed E-state index contributed by atoms with van der Waals surface area (Å²) < 4.78 is 0. The minimum Gasteiger partial charge on any atom is -0.358 e. The van der Waals surface area contributed by atoms with Crippen molar-refractivity contribution in [3.05, 3.63) is 28.8 Å². The summed E-state index contributed by atoms with van der Waals surface area (Å²) in [5, 5.41) is 5.41. The van der Waals surface area contributed by atoms with Gasteiger partial charge < -0.3 is 20.4 Å². The van der Waals surface area contributed by atoms with E-state index in [1.54, 1.807) is 14.1 Å². The lowest BCUT2D eigenvalue weighted by molar-refractivity contribution is -0.862. The third-order valence-electron chi connectivity index (χ3n) is 3.94. The van der Waals surface area contributed by atoms with Crippen LogP contribution in [-0.2, 0) is 14.4 Å². The molecular weight excluding hydrogens is 320 g/mol. The molecule has 3 amide bonds. The van der Waals surface area contributed by atoms with Crippen LogP contribution in [0.1, 0.15) is 16.7 Å². The number of carbonyl (C=O) groups is 3. The third-order valence-corrected chi connectivity index (χ3v) is 3.94. The average Bonchev–Trinajstić information content (AvgIpc) is 2.50. The molecule has 0 saturated heterocycles. The van der Waals surface area contributed by atoms with E-state index < -0.39 is 0 Å². The molecule has 0 saturated carbocycles. The topological polar surface area (TPSA) is 83.0 Å². The molecule has 1 aromatic rings. The number of anilines is 1. The van der Waals surface area contributed by atoms with E-state index >= 15 is 0 Å². The van der Waals surface area contributed by atoms with E-state index in [0.29, 0.717) is 0 Å². The first-order valence-corrected chi connectivity index (χ1v) is 8.27. The van der Waals surface area contributed by atoms with E-state index in [9.17, 15) is 14.4 Å². The molecule has 0 spiro atoms. The Morgan fingerprint density at radius 1 is 1.04 bits per heavy atom. The Morgan fingerprint density at radius 2 is 1.60 bits per heavy atom. The largest absolute Gasteiger partial charge is 0.358 e. The summed E-state index contributed by atoms with van der Waals surface area (Å²) in [7, 11) is 4.88. The van der Waals surface area contributed by atoms with Crippen molar-refractivity contribution in [1.29, 1.82) is 0 Å². The van der Waals surface area contributed by atoms with Crippen molar-refractivity contribution in [2.24, 2.45) is 0 Å². The van der Waals surface area contributed by atoms with Crippen molar-refractivity contribution < 1.29 is 19.3 Å². The fraction of sp³-hybridized carbons (Fsp3) is 0.500. The molecule has 0 aromatic heterocycles. The fourth-order valence-electron chi connectivity index (χ4n) is 2.67. The van der Waals surface area contributed by atoms with Gasteiger partial charge in [-0.15, -0.1) is 0 Å². The number of carbonyl (C=O) groups excluding carboxylic acids is 3. The van der Waals surface area contributed by atoms with Crippen molar-refractivity contribution in [2.45, 2.75) is 20.8 Å². The third kappa shape index (κ3) is 6.54. The Hall–Kier alpha value is -2.41. The van der Waals surface area contributed by atoms with Crippen molar-refractivity contribution >= 4 is 23.4 Å². The smallest absolute Gasteiger partial charge is 0.279 e. The zero-order valence-corrected chi connectivity index (χ0v) is 15.9. The lowest BCUT2D eigenvalue weighted by atomic mass is 10.1. The molecule has 138 valence electrons. The molecule has 1 rings (SSSR count). The van der Waals surface area contributed by atoms with Gasteiger partial charge in [0.05, 0.1) is 13.6 Å². The molecule has 1 aromatic carbocycles. The Balaban J connectivity index is 2.57. The molecule has 0 aliphatic rings. The highest BCUT2D eigenvalue weighted by atomic mass is 16.2. The second-order valence-corrected chi connectivity index (χ2v) is 6.56. The van der Waals surface area contributed by atoms with E-state index in [2.05, 4.69) is 10.6 Å². The van der Waals surface area contributed by atoms with Crippen LogP contribution >= 0.6 is 0 Å². The number of quaternary nitrogens is 1. The molecule has 1 atom stereocenters. The molecule has 0 aliphatic carbocycles. The van der Waals surface area contributed by atoms with Gasteiger partial charge in [0.25, 0.3) is 11.8 Å². The first kappa shape index (κ1) is 20.6. The SMILES string of the molecule is CNC(=O)CN(C)C(=O)C[NH+](C)CC(=O)Nc1c(C)cc(C)cc1C. The molecule has 1 unspecified atom stereocenters. The minimum atomic E-state index is -0.225. The van der Waals surface area contributed by atoms with Crippen LogP contribution in [0, 0.1) is 20.8 Å². The molecule has 0 radical (unpaired) electrons. The average molecular weight is 349 g/mol. The molecule has 25 heavy (non-hydrogen) atoms. The Kier molecular flexibility index (Phi) is 7.57. The van der Waals surface area contributed by atoms with Crippen molar-refractivity contribution in [3.63, 3.8) is 0 Å². The van der Waals surface area contributed by atoms with E-state index in [1.807, 2.05) is 32.9 Å². The van der Waals surface area contributed by atoms with Crippen LogP contribution in [-0.4, -0.2) is 63.4 Å². The summed E-state index contributed by atoms with van der Waals surface area (Å²) in [5.74, 6) is -0.553. The summed E-state index contributed by atoms with van der Waals surface area (Å²) in [6.07, 6.45) is 0. The molecule has 7 heteroatoms. The van der Waals surface area contributed by atoms with Gasteiger partial charge in [0.2, 0.25) is 5.91 Å². The van der Waals surface area contributed by atoms with Crippen molar-refractivity contribution in [1.82, 2.24) is 10.2 Å². The van der Waals surface area contributed by atoms with Crippen LogP contribution in [0.2, 0.25) is 0 Å². The Labute approximate surface area is 149 Å². The predicted molar refractivity (Wildman–Crippen MR) is 97.6 cm³/mol. The van der Waals surface area contributed by atoms with Crippen LogP contribution in [0.15, 0.2) is 12.1 Å². The van der Waals surface area contributed by atoms with Crippen LogP contribution in [0.4, 0.5) is 5.69 Å². The Bertz CT molecular complexity index is 635. The van der Waals surface area contributed by atoms with Gasteiger partial charge in [-0.1, -0.05) is 17.7 Å². The minimum absolute atomic E-state index is 0.0105. The maximum absolute atomic E-state index is 12.3. The van der Waals surface area contributed by atoms with Crippen molar-refractivity contribution in [2.75, 3.05) is 46.1 Å². The summed E-state index contributed by atoms with van der Waals surface area (Å²) in [5.41, 5.74) is 4.02. The number of likely N-dealkylation sites (N-methyl/N-ethyl adjacent to an activating group) is 3. The maximum atomic E-state index is 12.3. The van der Waals surface area contributed by atoms with Gasteiger partial charge in [-0.3, -0.25) is 14.4 Å². The van der Waals surface area contributed by atoms with Gasteiger partial charge in [-0.2, -0.15) is 0 Å². The van der Waals surface area contributed by atoms with Gasteiger partial charge in [0.15, 0.2) is 13.1 Å². The molecule has 7 nitrogen and oxygen atoms in total. The fourth-order valence-corrected chi connectivity index (χ4v) is 2.67. The first-order valence-electron chi connectivity index (χ1n) is 8.27. The maximum Gasteiger partial charge on any atom is 0.279 e. The highest BCUT2D eigenvalue weighted by molar-refractivity contribution is 5.93. The lowest BCUT2D eigenvalue weighted by Crippen LogP contribution is -3.11. The highest BCUT2D eigenvalue weighted by Gasteiger charge is 2.19. The summed E-state index contributed by atoms with van der Waals surface area (Å²) in [4.78, 5) is 37.8. The van der Waals surface area contributed by atoms with E-state index in [4.69, 9.17) is 0 Å². The number of benzene rings is 1. The number of nitrogens with one attached hydrogen (secondary N) is 3. The quantitative estimate of drug-likeness (QED) is 0.607. The van der Waals surface area contributed by atoms with Gasteiger partial charge in [-0.25, -0.2) is 0 Å². The normalized spacial score (nSPS) is 11.6. The van der Waals surface area contributed by atoms with Gasteiger partial charge in [0, 0.05) is 19.8 Å². The van der Waals surface area contributed by atoms with Crippen molar-refractivity contribution in [3.8, 4) is 0 Å². The first-order chi connectivity index (χ1) is 11.6. The second-order valence-electron chi connectivity index (χ2n) is 6.56. The molecule has 0 bridgehead atoms. The van der Waals surface area contributed by atoms with Gasteiger partial charge in [-0.05, 0) is 31.9 Å². The standard InChI is InChI=1S/C18H28N4O3/c1-12-7-13(2)18(14(3)8-12)20-16(24)9-21(5)11-17(25)22(6)10-15(23)19-4/h7-8H,9-11H2,1-6H3,(H,19,23)(H,20,24)/p+1. The van der Waals surface area contributed by atoms with Crippen LogP contribution in [0.3, 0.4) is 0 Å². The Morgan fingerprint density at radius 3 is 2.12 bits per heavy atom. The molecule has 0 heterocycles. The van der Waals surface area contributed by atoms with E-state index in [-0.39, 0.29) is 37.4 Å². The number of aryl methyl sites for hydroxylation is 3. The number of amides is 3. The second kappa shape index (κ2) is 9.17. The number of hydrogen-bond donors (Lipinski definition) is 3. The molecule has 0 fully saturated rings. The van der Waals surface area contributed by atoms with E-state index in [0.717, 1.165) is 27.3 Å². The number of hydrogen-bond acceptors (Lipinski definition) is 3. The van der Waals surface area contributed by atoms with Crippen LogP contribution in [0.5, 0.6) is 0 Å². The van der Waals surface area contributed by atoms with E-state index in [1.165, 1.54) is 11.9 Å². The van der Waals surface area contributed by atoms with Gasteiger partial charge in [0.1, 0.15) is 0 Å². The predicted octanol–water partition coefficient (Wildman–Crippen LogP) is -0.731. The van der Waals surface area contributed by atoms with Crippen LogP contribution < -0.4 is 15.5 Å². The van der Waals surface area contributed by atoms with Gasteiger partial charge >= 0.3 is 0 Å². The number of nitrogens with zero attached hydrogens (tertiary/aromatic N) is 1. The molecular formula is C18H29N4O3+. The zero-order valence-electron chi connectivity index (χ0n) is 15.9. The highest BCUT2D eigenvalue weighted by Crippen LogP contribution is 2.21.